The van der Waals surface area contributed by atoms with Crippen LogP contribution in [0.15, 0.2) is 36.4 Å². The lowest BCUT2D eigenvalue weighted by Gasteiger charge is -2.29. The number of aromatic nitrogens is 1. The highest BCUT2D eigenvalue weighted by atomic mass is 16.4. The summed E-state index contributed by atoms with van der Waals surface area (Å²) in [6.45, 7) is 6.05. The minimum absolute atomic E-state index is 0.352. The SMILES string of the molecule is NC(N)c1ccc2c(c1)N(CCN1CCCCCC1)CCn1c-2c(C2CCCCC2)c2ccc(C(=O)O)cc21. The van der Waals surface area contributed by atoms with Crippen LogP contribution in [0.1, 0.15) is 91.4 Å². The average Bonchev–Trinajstić information content (AvgIpc) is 3.09. The molecule has 0 atom stereocenters. The molecule has 2 aliphatic heterocycles. The van der Waals surface area contributed by atoms with E-state index in [4.69, 9.17) is 11.5 Å². The van der Waals surface area contributed by atoms with E-state index in [9.17, 15) is 9.90 Å². The molecule has 2 aromatic carbocycles. The molecule has 3 aromatic rings. The van der Waals surface area contributed by atoms with Crippen molar-refractivity contribution in [1.82, 2.24) is 9.47 Å². The molecule has 208 valence electrons. The van der Waals surface area contributed by atoms with Crippen molar-refractivity contribution in [2.75, 3.05) is 37.6 Å². The molecule has 7 nitrogen and oxygen atoms in total. The van der Waals surface area contributed by atoms with Crippen LogP contribution >= 0.6 is 0 Å². The maximum atomic E-state index is 12.0. The zero-order valence-corrected chi connectivity index (χ0v) is 23.1. The second-order valence-electron chi connectivity index (χ2n) is 11.8. The summed E-state index contributed by atoms with van der Waals surface area (Å²) in [6, 6.07) is 12.2. The van der Waals surface area contributed by atoms with Gasteiger partial charge in [0, 0.05) is 48.3 Å². The van der Waals surface area contributed by atoms with E-state index < -0.39 is 12.1 Å². The first-order valence-electron chi connectivity index (χ1n) is 15.0. The lowest BCUT2D eigenvalue weighted by atomic mass is 9.81. The van der Waals surface area contributed by atoms with E-state index in [2.05, 4.69) is 38.6 Å². The van der Waals surface area contributed by atoms with E-state index in [1.165, 1.54) is 98.8 Å². The molecule has 6 rings (SSSR count). The van der Waals surface area contributed by atoms with Crippen molar-refractivity contribution >= 4 is 22.6 Å². The average molecular weight is 530 g/mol. The van der Waals surface area contributed by atoms with Gasteiger partial charge < -0.3 is 30.9 Å². The Kier molecular flexibility index (Phi) is 7.65. The number of hydrogen-bond donors (Lipinski definition) is 3. The molecule has 5 N–H and O–H groups in total. The van der Waals surface area contributed by atoms with Gasteiger partial charge in [-0.15, -0.1) is 0 Å². The Bertz CT molecular complexity index is 1330. The number of aromatic carboxylic acids is 1. The molecule has 7 heteroatoms. The summed E-state index contributed by atoms with van der Waals surface area (Å²) >= 11 is 0. The molecule has 0 bridgehead atoms. The number of hydrogen-bond acceptors (Lipinski definition) is 5. The molecule has 39 heavy (non-hydrogen) atoms. The van der Waals surface area contributed by atoms with Gasteiger partial charge in [0.25, 0.3) is 0 Å². The fourth-order valence-electron chi connectivity index (χ4n) is 7.25. The maximum Gasteiger partial charge on any atom is 0.335 e. The van der Waals surface area contributed by atoms with Crippen molar-refractivity contribution < 1.29 is 9.90 Å². The third-order valence-electron chi connectivity index (χ3n) is 9.34. The summed E-state index contributed by atoms with van der Waals surface area (Å²) < 4.78 is 2.42. The fraction of sp³-hybridized carbons (Fsp3) is 0.531. The summed E-state index contributed by atoms with van der Waals surface area (Å²) in [5.41, 5.74) is 19.8. The van der Waals surface area contributed by atoms with Gasteiger partial charge in [0.15, 0.2) is 0 Å². The smallest absolute Gasteiger partial charge is 0.335 e. The lowest BCUT2D eigenvalue weighted by Crippen LogP contribution is -2.37. The molecule has 0 unspecified atom stereocenters. The van der Waals surface area contributed by atoms with Crippen molar-refractivity contribution in [1.29, 1.82) is 0 Å². The Labute approximate surface area is 231 Å². The molecule has 1 saturated heterocycles. The number of nitrogens with zero attached hydrogens (tertiary/aromatic N) is 3. The van der Waals surface area contributed by atoms with E-state index in [-0.39, 0.29) is 0 Å². The predicted molar refractivity (Wildman–Crippen MR) is 158 cm³/mol. The van der Waals surface area contributed by atoms with Crippen LogP contribution in [0.4, 0.5) is 5.69 Å². The molecule has 2 fully saturated rings. The number of carbonyl (C=O) groups is 1. The Hall–Kier alpha value is -2.87. The number of likely N-dealkylation sites (tertiary alicyclic amines) is 1. The van der Waals surface area contributed by atoms with Gasteiger partial charge in [-0.3, -0.25) is 0 Å². The summed E-state index contributed by atoms with van der Waals surface area (Å²) in [4.78, 5) is 17.1. The quantitative estimate of drug-likeness (QED) is 0.356. The van der Waals surface area contributed by atoms with E-state index >= 15 is 0 Å². The third kappa shape index (κ3) is 5.20. The largest absolute Gasteiger partial charge is 0.478 e. The molecule has 3 aliphatic rings. The minimum atomic E-state index is -0.874. The van der Waals surface area contributed by atoms with Crippen molar-refractivity contribution in [3.63, 3.8) is 0 Å². The van der Waals surface area contributed by atoms with Crippen LogP contribution in [0.5, 0.6) is 0 Å². The van der Waals surface area contributed by atoms with Crippen LogP contribution in [0.3, 0.4) is 0 Å². The molecular weight excluding hydrogens is 486 g/mol. The van der Waals surface area contributed by atoms with Crippen LogP contribution in [-0.4, -0.2) is 53.3 Å². The Balaban J connectivity index is 1.48. The van der Waals surface area contributed by atoms with Gasteiger partial charge in [-0.1, -0.05) is 50.3 Å². The normalized spacial score (nSPS) is 19.1. The van der Waals surface area contributed by atoms with Gasteiger partial charge in [-0.25, -0.2) is 4.79 Å². The molecule has 1 aliphatic carbocycles. The van der Waals surface area contributed by atoms with Gasteiger partial charge in [0.05, 0.1) is 17.4 Å². The van der Waals surface area contributed by atoms with E-state index in [1.807, 2.05) is 6.07 Å². The van der Waals surface area contributed by atoms with E-state index in [1.54, 1.807) is 6.07 Å². The zero-order valence-electron chi connectivity index (χ0n) is 23.1. The first-order valence-corrected chi connectivity index (χ1v) is 15.0. The highest BCUT2D eigenvalue weighted by molar-refractivity contribution is 5.99. The van der Waals surface area contributed by atoms with Crippen LogP contribution in [-0.2, 0) is 6.54 Å². The van der Waals surface area contributed by atoms with Crippen LogP contribution < -0.4 is 16.4 Å². The molecule has 0 radical (unpaired) electrons. The van der Waals surface area contributed by atoms with Gasteiger partial charge in [0.2, 0.25) is 0 Å². The summed E-state index contributed by atoms with van der Waals surface area (Å²) in [5.74, 6) is -0.387. The number of fused-ring (bicyclic) bond motifs is 5. The fourth-order valence-corrected chi connectivity index (χ4v) is 7.25. The minimum Gasteiger partial charge on any atom is -0.478 e. The number of anilines is 1. The van der Waals surface area contributed by atoms with Crippen molar-refractivity contribution in [3.8, 4) is 11.3 Å². The molecule has 1 saturated carbocycles. The summed E-state index contributed by atoms with van der Waals surface area (Å²) in [7, 11) is 0. The molecular formula is C32H43N5O2. The Morgan fingerprint density at radius 3 is 2.33 bits per heavy atom. The van der Waals surface area contributed by atoms with Crippen LogP contribution in [0.2, 0.25) is 0 Å². The van der Waals surface area contributed by atoms with Gasteiger partial charge >= 0.3 is 5.97 Å². The number of rotatable bonds is 6. The lowest BCUT2D eigenvalue weighted by molar-refractivity contribution is 0.0697. The topological polar surface area (TPSA) is 101 Å². The van der Waals surface area contributed by atoms with Crippen molar-refractivity contribution in [2.45, 2.75) is 76.4 Å². The van der Waals surface area contributed by atoms with E-state index in [0.717, 1.165) is 37.3 Å². The predicted octanol–water partition coefficient (Wildman–Crippen LogP) is 5.67. The highest BCUT2D eigenvalue weighted by Crippen LogP contribution is 2.47. The molecule has 3 heterocycles. The van der Waals surface area contributed by atoms with Gasteiger partial charge in [-0.05, 0) is 74.0 Å². The molecule has 1 aromatic heterocycles. The van der Waals surface area contributed by atoms with E-state index in [0.29, 0.717) is 11.5 Å². The monoisotopic (exact) mass is 529 g/mol. The second-order valence-corrected chi connectivity index (χ2v) is 11.8. The maximum absolute atomic E-state index is 12.0. The first-order chi connectivity index (χ1) is 19.0. The second kappa shape index (κ2) is 11.3. The van der Waals surface area contributed by atoms with Crippen molar-refractivity contribution in [3.05, 3.63) is 53.1 Å². The van der Waals surface area contributed by atoms with Gasteiger partial charge in [-0.2, -0.15) is 0 Å². The number of benzene rings is 2. The van der Waals surface area contributed by atoms with Gasteiger partial charge in [0.1, 0.15) is 0 Å². The van der Waals surface area contributed by atoms with Crippen LogP contribution in [0, 0.1) is 0 Å². The molecule has 0 amide bonds. The Morgan fingerprint density at radius 1 is 0.872 bits per heavy atom. The number of nitrogens with two attached hydrogens (primary N) is 2. The zero-order chi connectivity index (χ0) is 26.9. The highest BCUT2D eigenvalue weighted by Gasteiger charge is 2.31. The summed E-state index contributed by atoms with van der Waals surface area (Å²) in [5, 5.41) is 11.0. The number of carboxylic acids is 1. The first kappa shape index (κ1) is 26.4. The Morgan fingerprint density at radius 2 is 1.62 bits per heavy atom. The number of carboxylic acid groups (broad SMARTS) is 1. The molecule has 0 spiro atoms. The summed E-state index contributed by atoms with van der Waals surface area (Å²) in [6.07, 6.45) is 10.9. The van der Waals surface area contributed by atoms with Crippen LogP contribution in [0.25, 0.3) is 22.2 Å². The third-order valence-corrected chi connectivity index (χ3v) is 9.34. The standard InChI is InChI=1S/C32H43N5O2/c33-31(34)23-10-13-26-27(20-23)36(17-16-35-14-6-1-2-7-15-35)18-19-37-28-21-24(32(38)39)11-12-25(28)29(30(26)37)22-8-4-3-5-9-22/h10-13,20-22,31H,1-9,14-19,33-34H2,(H,38,39). The van der Waals surface area contributed by atoms with Crippen molar-refractivity contribution in [2.24, 2.45) is 11.5 Å².